The summed E-state index contributed by atoms with van der Waals surface area (Å²) >= 11 is 0. The highest BCUT2D eigenvalue weighted by Gasteiger charge is 2.58. The van der Waals surface area contributed by atoms with Crippen LogP contribution >= 0.6 is 0 Å². The summed E-state index contributed by atoms with van der Waals surface area (Å²) in [4.78, 5) is 0. The quantitative estimate of drug-likeness (QED) is 0.145. The average Bonchev–Trinajstić information content (AvgIpc) is 3.40. The molecule has 312 valence electrons. The molecule has 0 radical (unpaired) electrons. The molecule has 0 saturated heterocycles. The zero-order valence-corrected chi connectivity index (χ0v) is 31.0. The van der Waals surface area contributed by atoms with Crippen LogP contribution in [0.15, 0.2) is 23.7 Å². The van der Waals surface area contributed by atoms with Gasteiger partial charge in [0.05, 0.1) is 0 Å². The van der Waals surface area contributed by atoms with Crippen LogP contribution in [0.25, 0.3) is 0 Å². The van der Waals surface area contributed by atoms with Crippen LogP contribution in [-0.2, 0) is 52.5 Å². The van der Waals surface area contributed by atoms with Crippen LogP contribution in [0.5, 0.6) is 0 Å². The van der Waals surface area contributed by atoms with Crippen LogP contribution in [-0.4, -0.2) is 55.7 Å². The van der Waals surface area contributed by atoms with Crippen molar-refractivity contribution in [3.63, 3.8) is 0 Å². The van der Waals surface area contributed by atoms with Crippen molar-refractivity contribution in [2.24, 2.45) is 34.5 Å². The lowest BCUT2D eigenvalue weighted by Gasteiger charge is -2.38. The molecular weight excluding hydrogens is 845 g/mol. The highest BCUT2D eigenvalue weighted by atomic mass is 32.3. The second-order valence-electron chi connectivity index (χ2n) is 13.3. The normalized spacial score (nSPS) is 30.0. The maximum atomic E-state index is 12.3. The maximum Gasteiger partial charge on any atom is 0.534 e. The van der Waals surface area contributed by atoms with E-state index in [1.807, 2.05) is 3.63 Å². The van der Waals surface area contributed by atoms with Gasteiger partial charge >= 0.3 is 62.5 Å². The number of hydrogen-bond donors (Lipinski definition) is 0. The lowest BCUT2D eigenvalue weighted by atomic mass is 9.68. The van der Waals surface area contributed by atoms with E-state index in [1.165, 1.54) is 6.08 Å². The van der Waals surface area contributed by atoms with Gasteiger partial charge in [-0.2, -0.15) is 86.4 Å². The monoisotopic (exact) mass is 878 g/mol. The van der Waals surface area contributed by atoms with Crippen molar-refractivity contribution < 1.29 is 98.4 Å². The fraction of sp³-hybridized carbons (Fsp3) is 0.846. The zero-order chi connectivity index (χ0) is 41.7. The third kappa shape index (κ3) is 10.7. The van der Waals surface area contributed by atoms with Crippen molar-refractivity contribution in [1.29, 1.82) is 0 Å². The third-order valence-electron chi connectivity index (χ3n) is 10.2. The molecule has 0 amide bonds. The van der Waals surface area contributed by atoms with E-state index in [0.29, 0.717) is 24.7 Å². The Morgan fingerprint density at radius 2 is 0.981 bits per heavy atom. The largest absolute Gasteiger partial charge is 0.534 e. The van der Waals surface area contributed by atoms with Crippen LogP contribution < -0.4 is 0 Å². The van der Waals surface area contributed by atoms with Gasteiger partial charge in [0, 0.05) is 12.8 Å². The Balaban J connectivity index is 0.000000278. The Labute approximate surface area is 297 Å². The zero-order valence-electron chi connectivity index (χ0n) is 27.8. The molecule has 4 aliphatic carbocycles. The second kappa shape index (κ2) is 15.2. The Kier molecular flexibility index (Phi) is 13.5. The molecule has 0 aliphatic heterocycles. The predicted molar refractivity (Wildman–Crippen MR) is 158 cm³/mol. The van der Waals surface area contributed by atoms with E-state index in [-0.39, 0.29) is 47.0 Å². The van der Waals surface area contributed by atoms with Crippen LogP contribution in [0.3, 0.4) is 0 Å². The van der Waals surface area contributed by atoms with E-state index in [2.05, 4.69) is 36.1 Å². The first kappa shape index (κ1) is 47.2. The van der Waals surface area contributed by atoms with Crippen molar-refractivity contribution in [3.8, 4) is 0 Å². The summed E-state index contributed by atoms with van der Waals surface area (Å²) in [5, 5.41) is 0. The third-order valence-corrected chi connectivity index (χ3v) is 14.7. The van der Waals surface area contributed by atoms with Crippen molar-refractivity contribution in [1.82, 2.24) is 0 Å². The summed E-state index contributed by atoms with van der Waals surface area (Å²) in [6.45, 7) is 8.49. The summed E-state index contributed by atoms with van der Waals surface area (Å²) in [6.07, 6.45) is 8.65. The lowest BCUT2D eigenvalue weighted by molar-refractivity contribution is -0.0587. The van der Waals surface area contributed by atoms with Crippen LogP contribution in [0.4, 0.5) is 52.7 Å². The minimum Gasteiger partial charge on any atom is -0.381 e. The van der Waals surface area contributed by atoms with Crippen molar-refractivity contribution >= 4 is 40.5 Å². The number of rotatable bonds is 6. The molecule has 0 heterocycles. The molecule has 11 nitrogen and oxygen atoms in total. The number of halogens is 12. The fourth-order valence-electron chi connectivity index (χ4n) is 6.45. The SMILES string of the molecule is C[C@H]1CC[C@H]2C=C(OS(=O)(=O)C(F)(F)F)CC[C@@]21C.C[C@H]1CC[C@H]2CC(OS(=O)(=O)C(F)(F)F)=CC[C@@]21C.O=S(=O)(OS(=O)(=O)C(F)(F)F)C(F)(F)F. The molecule has 4 aliphatic rings. The molecule has 0 aromatic carbocycles. The Morgan fingerprint density at radius 1 is 0.585 bits per heavy atom. The molecule has 0 aromatic heterocycles. The van der Waals surface area contributed by atoms with Gasteiger partial charge in [0.25, 0.3) is 0 Å². The Hall–Kier alpha value is -2.00. The molecule has 2 saturated carbocycles. The molecule has 4 rings (SSSR count). The van der Waals surface area contributed by atoms with Gasteiger partial charge in [-0.1, -0.05) is 27.7 Å². The van der Waals surface area contributed by atoms with Crippen LogP contribution in [0.1, 0.15) is 79.1 Å². The maximum absolute atomic E-state index is 12.3. The molecule has 2 fully saturated rings. The van der Waals surface area contributed by atoms with Gasteiger partial charge in [-0.15, -0.1) is 3.63 Å². The highest BCUT2D eigenvalue weighted by molar-refractivity contribution is 8.00. The number of allylic oxidation sites excluding steroid dienone is 4. The fourth-order valence-corrected chi connectivity index (χ4v) is 9.03. The predicted octanol–water partition coefficient (Wildman–Crippen LogP) is 7.87. The topological polar surface area (TPSA) is 164 Å². The van der Waals surface area contributed by atoms with Crippen LogP contribution in [0.2, 0.25) is 0 Å². The van der Waals surface area contributed by atoms with Crippen LogP contribution in [0, 0.1) is 34.5 Å². The lowest BCUT2D eigenvalue weighted by Crippen LogP contribution is -2.34. The van der Waals surface area contributed by atoms with Crippen molar-refractivity contribution in [2.75, 3.05) is 0 Å². The van der Waals surface area contributed by atoms with Gasteiger partial charge in [0.15, 0.2) is 0 Å². The summed E-state index contributed by atoms with van der Waals surface area (Å²) in [7, 11) is -24.7. The summed E-state index contributed by atoms with van der Waals surface area (Å²) in [6, 6.07) is 0. The van der Waals surface area contributed by atoms with Gasteiger partial charge in [0.2, 0.25) is 0 Å². The molecule has 53 heavy (non-hydrogen) atoms. The molecule has 0 aromatic rings. The van der Waals surface area contributed by atoms with E-state index >= 15 is 0 Å². The summed E-state index contributed by atoms with van der Waals surface area (Å²) in [5.41, 5.74) is -23.1. The number of alkyl halides is 12. The molecule has 0 spiro atoms. The second-order valence-corrected chi connectivity index (χ2v) is 19.7. The van der Waals surface area contributed by atoms with Crippen molar-refractivity contribution in [2.45, 2.75) is 101 Å². The minimum atomic E-state index is -6.85. The number of hydrogen-bond acceptors (Lipinski definition) is 11. The van der Waals surface area contributed by atoms with Gasteiger partial charge in [-0.25, -0.2) is 0 Å². The first-order valence-electron chi connectivity index (χ1n) is 15.1. The standard InChI is InChI=1S/2C12H17F3O3S.C2F6O5S2/c2*1-8-3-4-9-7-10(5-6-11(8,9)2)18-19(16,17)12(13,14)15;3-1(4,5)14(9,10)13-15(11,12)2(6,7)8/h7-9H,3-6H2,1-2H3;5,8-9H,3-4,6-7H2,1-2H3;/t2*8-,9-,11+;/m00./s1. The smallest absolute Gasteiger partial charge is 0.381 e. The minimum absolute atomic E-state index is 0.0505. The van der Waals surface area contributed by atoms with E-state index < -0.39 is 62.5 Å². The molecule has 6 atom stereocenters. The van der Waals surface area contributed by atoms with Gasteiger partial charge in [0.1, 0.15) is 11.5 Å². The first-order valence-corrected chi connectivity index (χ1v) is 20.7. The first-order chi connectivity index (χ1) is 23.3. The molecule has 27 heteroatoms. The molecule has 0 N–H and O–H groups in total. The molecule has 0 bridgehead atoms. The van der Waals surface area contributed by atoms with Gasteiger partial charge < -0.3 is 8.37 Å². The summed E-state index contributed by atoms with van der Waals surface area (Å²) < 4.78 is 236. The van der Waals surface area contributed by atoms with E-state index in [9.17, 15) is 86.4 Å². The Morgan fingerprint density at radius 3 is 1.42 bits per heavy atom. The molecule has 0 unspecified atom stereocenters. The Bertz CT molecular complexity index is 1800. The van der Waals surface area contributed by atoms with Gasteiger partial charge in [-0.3, -0.25) is 0 Å². The van der Waals surface area contributed by atoms with Gasteiger partial charge in [-0.05, 0) is 85.2 Å². The average molecular weight is 879 g/mol. The van der Waals surface area contributed by atoms with E-state index in [0.717, 1.165) is 25.7 Å². The van der Waals surface area contributed by atoms with E-state index in [1.54, 1.807) is 6.08 Å². The number of fused-ring (bicyclic) bond motifs is 2. The molecular formula is C26H34F12O11S4. The summed E-state index contributed by atoms with van der Waals surface area (Å²) in [5.74, 6) is 1.17. The highest BCUT2D eigenvalue weighted by Crippen LogP contribution is 2.56. The van der Waals surface area contributed by atoms with Crippen molar-refractivity contribution in [3.05, 3.63) is 23.7 Å². The van der Waals surface area contributed by atoms with E-state index in [4.69, 9.17) is 0 Å².